The summed E-state index contributed by atoms with van der Waals surface area (Å²) >= 11 is 0. The summed E-state index contributed by atoms with van der Waals surface area (Å²) in [5.41, 5.74) is 1.95. The molecule has 30 heavy (non-hydrogen) atoms. The van der Waals surface area contributed by atoms with Gasteiger partial charge in [-0.15, -0.1) is 0 Å². The number of anilines is 1. The Labute approximate surface area is 175 Å². The van der Waals surface area contributed by atoms with Crippen molar-refractivity contribution >= 4 is 17.5 Å². The molecule has 1 fully saturated rings. The van der Waals surface area contributed by atoms with E-state index in [-0.39, 0.29) is 29.7 Å². The van der Waals surface area contributed by atoms with Crippen LogP contribution in [-0.2, 0) is 4.79 Å². The fraction of sp³-hybridized carbons (Fsp3) is 0.391. The van der Waals surface area contributed by atoms with E-state index in [1.165, 1.54) is 12.1 Å². The van der Waals surface area contributed by atoms with Gasteiger partial charge in [0.05, 0.1) is 11.5 Å². The summed E-state index contributed by atoms with van der Waals surface area (Å²) in [6.07, 6.45) is 1.35. The molecule has 2 amide bonds. The van der Waals surface area contributed by atoms with Crippen LogP contribution in [0, 0.1) is 12.8 Å². The number of ether oxygens (including phenoxy) is 1. The summed E-state index contributed by atoms with van der Waals surface area (Å²) in [5, 5.41) is 0. The molecular weight excluding hydrogens is 390 g/mol. The van der Waals surface area contributed by atoms with E-state index in [1.807, 2.05) is 38.1 Å². The predicted molar refractivity (Wildman–Crippen MR) is 111 cm³/mol. The minimum Gasteiger partial charge on any atom is -0.434 e. The Morgan fingerprint density at radius 2 is 1.87 bits per heavy atom. The number of halogens is 2. The molecule has 160 valence electrons. The molecule has 0 unspecified atom stereocenters. The first kappa shape index (κ1) is 21.7. The summed E-state index contributed by atoms with van der Waals surface area (Å²) in [6, 6.07) is 13.7. The van der Waals surface area contributed by atoms with Crippen molar-refractivity contribution < 1.29 is 23.1 Å². The number of hydrogen-bond donors (Lipinski definition) is 0. The number of likely N-dealkylation sites (tertiary alicyclic amines) is 1. The number of piperidine rings is 1. The van der Waals surface area contributed by atoms with Gasteiger partial charge in [0, 0.05) is 25.3 Å². The van der Waals surface area contributed by atoms with Gasteiger partial charge in [0.1, 0.15) is 5.75 Å². The van der Waals surface area contributed by atoms with Gasteiger partial charge < -0.3 is 14.5 Å². The number of nitrogens with zero attached hydrogens (tertiary/aromatic N) is 2. The van der Waals surface area contributed by atoms with Gasteiger partial charge in [-0.05, 0) is 50.5 Å². The van der Waals surface area contributed by atoms with E-state index in [1.54, 1.807) is 21.9 Å². The van der Waals surface area contributed by atoms with Crippen LogP contribution in [0.1, 0.15) is 35.7 Å². The minimum atomic E-state index is -3.01. The second kappa shape index (κ2) is 9.69. The Balaban J connectivity index is 1.77. The quantitative estimate of drug-likeness (QED) is 0.697. The largest absolute Gasteiger partial charge is 0.434 e. The Bertz CT molecular complexity index is 904. The third-order valence-electron chi connectivity index (χ3n) is 5.38. The molecule has 2 aromatic rings. The van der Waals surface area contributed by atoms with Gasteiger partial charge in [0.15, 0.2) is 0 Å². The van der Waals surface area contributed by atoms with E-state index in [4.69, 9.17) is 0 Å². The molecule has 0 aromatic heterocycles. The lowest BCUT2D eigenvalue weighted by molar-refractivity contribution is -0.123. The van der Waals surface area contributed by atoms with Gasteiger partial charge in [0.2, 0.25) is 5.91 Å². The SMILES string of the molecule is CCN(C(=O)[C@H]1CCCN(C(=O)c2ccccc2OC(F)F)C1)c1ccccc1C. The lowest BCUT2D eigenvalue weighted by Gasteiger charge is -2.35. The molecule has 0 aliphatic carbocycles. The van der Waals surface area contributed by atoms with Crippen LogP contribution >= 0.6 is 0 Å². The van der Waals surface area contributed by atoms with Crippen LogP contribution in [0.5, 0.6) is 5.75 Å². The van der Waals surface area contributed by atoms with Crippen molar-refractivity contribution in [2.75, 3.05) is 24.5 Å². The van der Waals surface area contributed by atoms with Gasteiger partial charge in [-0.1, -0.05) is 30.3 Å². The van der Waals surface area contributed by atoms with Crippen LogP contribution < -0.4 is 9.64 Å². The molecule has 1 heterocycles. The van der Waals surface area contributed by atoms with Crippen LogP contribution in [0.25, 0.3) is 0 Å². The third kappa shape index (κ3) is 4.78. The van der Waals surface area contributed by atoms with Crippen LogP contribution in [-0.4, -0.2) is 43.0 Å². The van der Waals surface area contributed by atoms with Gasteiger partial charge in [-0.2, -0.15) is 8.78 Å². The molecule has 1 saturated heterocycles. The van der Waals surface area contributed by atoms with Gasteiger partial charge >= 0.3 is 6.61 Å². The summed E-state index contributed by atoms with van der Waals surface area (Å²) in [5.74, 6) is -0.921. The average Bonchev–Trinajstić information content (AvgIpc) is 2.75. The molecule has 0 bridgehead atoms. The number of carbonyl (C=O) groups is 2. The molecule has 0 N–H and O–H groups in total. The number of aryl methyl sites for hydroxylation is 1. The van der Waals surface area contributed by atoms with E-state index in [9.17, 15) is 18.4 Å². The topological polar surface area (TPSA) is 49.9 Å². The van der Waals surface area contributed by atoms with Crippen LogP contribution in [0.3, 0.4) is 0 Å². The third-order valence-corrected chi connectivity index (χ3v) is 5.38. The monoisotopic (exact) mass is 416 g/mol. The second-order valence-electron chi connectivity index (χ2n) is 7.33. The molecule has 2 aromatic carbocycles. The smallest absolute Gasteiger partial charge is 0.387 e. The number of benzene rings is 2. The van der Waals surface area contributed by atoms with Crippen LogP contribution in [0.2, 0.25) is 0 Å². The van der Waals surface area contributed by atoms with E-state index in [2.05, 4.69) is 4.74 Å². The minimum absolute atomic E-state index is 0.0265. The Kier molecular flexibility index (Phi) is 7.03. The molecule has 0 saturated carbocycles. The number of carbonyl (C=O) groups excluding carboxylic acids is 2. The van der Waals surface area contributed by atoms with Gasteiger partial charge in [-0.25, -0.2) is 0 Å². The Morgan fingerprint density at radius 1 is 1.17 bits per heavy atom. The highest BCUT2D eigenvalue weighted by Crippen LogP contribution is 2.28. The molecule has 3 rings (SSSR count). The number of rotatable bonds is 6. The molecule has 0 radical (unpaired) electrons. The summed E-state index contributed by atoms with van der Waals surface area (Å²) < 4.78 is 29.9. The number of amides is 2. The zero-order chi connectivity index (χ0) is 21.7. The van der Waals surface area contributed by atoms with E-state index < -0.39 is 12.5 Å². The lowest BCUT2D eigenvalue weighted by Crippen LogP contribution is -2.47. The molecule has 5 nitrogen and oxygen atoms in total. The normalized spacial score (nSPS) is 16.4. The Hall–Kier alpha value is -2.96. The number of alkyl halides is 2. The van der Waals surface area contributed by atoms with Crippen molar-refractivity contribution in [2.24, 2.45) is 5.92 Å². The molecule has 1 aliphatic rings. The first-order chi connectivity index (χ1) is 14.4. The van der Waals surface area contributed by atoms with E-state index in [0.717, 1.165) is 11.3 Å². The van der Waals surface area contributed by atoms with E-state index in [0.29, 0.717) is 25.9 Å². The van der Waals surface area contributed by atoms with Crippen molar-refractivity contribution in [2.45, 2.75) is 33.3 Å². The number of para-hydroxylation sites is 2. The fourth-order valence-corrected chi connectivity index (χ4v) is 3.91. The molecule has 1 aliphatic heterocycles. The van der Waals surface area contributed by atoms with E-state index >= 15 is 0 Å². The number of hydrogen-bond acceptors (Lipinski definition) is 3. The zero-order valence-electron chi connectivity index (χ0n) is 17.2. The molecule has 0 spiro atoms. The fourth-order valence-electron chi connectivity index (χ4n) is 3.91. The standard InChI is InChI=1S/C23H26F2N2O3/c1-3-27(19-12-6-4-9-16(19)2)21(28)17-10-8-14-26(15-17)22(29)18-11-5-7-13-20(18)30-23(24)25/h4-7,9,11-13,17,23H,3,8,10,14-15H2,1-2H3/t17-/m0/s1. The maximum atomic E-state index is 13.3. The average molecular weight is 416 g/mol. The highest BCUT2D eigenvalue weighted by atomic mass is 19.3. The highest BCUT2D eigenvalue weighted by molar-refractivity contribution is 5.99. The predicted octanol–water partition coefficient (Wildman–Crippen LogP) is 4.50. The second-order valence-corrected chi connectivity index (χ2v) is 7.33. The van der Waals surface area contributed by atoms with Crippen LogP contribution in [0.4, 0.5) is 14.5 Å². The summed E-state index contributed by atoms with van der Waals surface area (Å²) in [6.45, 7) is 2.13. The molecule has 1 atom stereocenters. The lowest BCUT2D eigenvalue weighted by atomic mass is 9.95. The maximum absolute atomic E-state index is 13.3. The summed E-state index contributed by atoms with van der Waals surface area (Å²) in [4.78, 5) is 29.6. The first-order valence-electron chi connectivity index (χ1n) is 10.1. The van der Waals surface area contributed by atoms with Crippen molar-refractivity contribution in [3.8, 4) is 5.75 Å². The van der Waals surface area contributed by atoms with Crippen molar-refractivity contribution in [3.63, 3.8) is 0 Å². The van der Waals surface area contributed by atoms with Crippen molar-refractivity contribution in [1.82, 2.24) is 4.90 Å². The highest BCUT2D eigenvalue weighted by Gasteiger charge is 2.33. The first-order valence-corrected chi connectivity index (χ1v) is 10.1. The van der Waals surface area contributed by atoms with Crippen LogP contribution in [0.15, 0.2) is 48.5 Å². The van der Waals surface area contributed by atoms with Gasteiger partial charge in [-0.3, -0.25) is 9.59 Å². The van der Waals surface area contributed by atoms with Crippen molar-refractivity contribution in [3.05, 3.63) is 59.7 Å². The summed E-state index contributed by atoms with van der Waals surface area (Å²) in [7, 11) is 0. The Morgan fingerprint density at radius 3 is 2.57 bits per heavy atom. The molecule has 7 heteroatoms. The van der Waals surface area contributed by atoms with Gasteiger partial charge in [0.25, 0.3) is 5.91 Å². The molecular formula is C23H26F2N2O3. The van der Waals surface area contributed by atoms with Crippen molar-refractivity contribution in [1.29, 1.82) is 0 Å². The zero-order valence-corrected chi connectivity index (χ0v) is 17.2. The maximum Gasteiger partial charge on any atom is 0.387 e.